The fourth-order valence-corrected chi connectivity index (χ4v) is 7.37. The van der Waals surface area contributed by atoms with Crippen molar-refractivity contribution in [2.45, 2.75) is 59.8 Å². The average molecular weight is 355 g/mol. The van der Waals surface area contributed by atoms with Crippen LogP contribution in [0.1, 0.15) is 40.5 Å². The van der Waals surface area contributed by atoms with E-state index in [0.29, 0.717) is 12.2 Å². The van der Waals surface area contributed by atoms with Gasteiger partial charge in [0, 0.05) is 0 Å². The summed E-state index contributed by atoms with van der Waals surface area (Å²) in [4.78, 5) is 19.3. The van der Waals surface area contributed by atoms with Crippen molar-refractivity contribution in [3.63, 3.8) is 0 Å². The zero-order chi connectivity index (χ0) is 14.1. The van der Waals surface area contributed by atoms with Crippen molar-refractivity contribution < 1.29 is 4.79 Å². The number of allylic oxidation sites excluding steroid dienone is 4. The van der Waals surface area contributed by atoms with Crippen LogP contribution in [-0.4, -0.2) is 24.2 Å². The van der Waals surface area contributed by atoms with E-state index in [4.69, 9.17) is 0 Å². The molecule has 102 valence electrons. The Morgan fingerprint density at radius 3 is 2.17 bits per heavy atom. The Morgan fingerprint density at radius 1 is 1.22 bits per heavy atom. The quantitative estimate of drug-likeness (QED) is 0.653. The van der Waals surface area contributed by atoms with Crippen LogP contribution >= 0.6 is 0 Å². The van der Waals surface area contributed by atoms with Crippen molar-refractivity contribution in [2.75, 3.05) is 0 Å². The Bertz CT molecular complexity index is 401. The average Bonchev–Trinajstić information content (AvgIpc) is 2.08. The van der Waals surface area contributed by atoms with Gasteiger partial charge in [-0.15, -0.1) is 0 Å². The van der Waals surface area contributed by atoms with E-state index < -0.39 is 18.4 Å². The summed E-state index contributed by atoms with van der Waals surface area (Å²) < 4.78 is 1.26. The topological polar surface area (TPSA) is 17.1 Å². The zero-order valence-electron chi connectivity index (χ0n) is 13.1. The van der Waals surface area contributed by atoms with E-state index in [1.54, 1.807) is 0 Å². The van der Waals surface area contributed by atoms with Crippen molar-refractivity contribution in [3.05, 3.63) is 22.8 Å². The number of carbonyl (C=O) groups excluding carboxylic acids is 1. The van der Waals surface area contributed by atoms with Gasteiger partial charge < -0.3 is 0 Å². The van der Waals surface area contributed by atoms with E-state index in [2.05, 4.69) is 42.5 Å². The summed E-state index contributed by atoms with van der Waals surface area (Å²) in [6, 6.07) is 0. The van der Waals surface area contributed by atoms with Crippen LogP contribution < -0.4 is 0 Å². The summed E-state index contributed by atoms with van der Waals surface area (Å²) in [5.74, 6) is 0.309. The molecule has 0 aromatic rings. The molecule has 1 rings (SSSR count). The van der Waals surface area contributed by atoms with Crippen LogP contribution in [0.15, 0.2) is 22.8 Å². The van der Waals surface area contributed by atoms with E-state index in [1.807, 2.05) is 6.08 Å². The van der Waals surface area contributed by atoms with Gasteiger partial charge in [0.15, 0.2) is 0 Å². The Labute approximate surface area is 117 Å². The molecule has 0 aromatic heterocycles. The summed E-state index contributed by atoms with van der Waals surface area (Å²) in [6.07, 6.45) is 3.68. The first kappa shape index (κ1) is 16.0. The van der Waals surface area contributed by atoms with E-state index in [9.17, 15) is 4.79 Å². The fraction of sp³-hybridized carbons (Fsp3) is 0.688. The predicted molar refractivity (Wildman–Crippen MR) is 82.6 cm³/mol. The Hall–Kier alpha value is -0.0513. The van der Waals surface area contributed by atoms with Gasteiger partial charge in [0.1, 0.15) is 0 Å². The first-order valence-corrected chi connectivity index (χ1v) is 17.5. The van der Waals surface area contributed by atoms with Gasteiger partial charge in [-0.2, -0.15) is 0 Å². The molecule has 0 bridgehead atoms. The molecule has 1 nitrogen and oxygen atoms in total. The Morgan fingerprint density at radius 2 is 1.78 bits per heavy atom. The first-order valence-electron chi connectivity index (χ1n) is 6.90. The van der Waals surface area contributed by atoms with Gasteiger partial charge in [0.05, 0.1) is 0 Å². The molecular weight excluding hydrogens is 327 g/mol. The SMILES string of the molecule is CC(C)=C([CH2][Sn]([CH3])([CH3])[CH3])C1=CC(=O)CC(C)(C)C1. The van der Waals surface area contributed by atoms with Crippen LogP contribution in [0.3, 0.4) is 0 Å². The van der Waals surface area contributed by atoms with Crippen molar-refractivity contribution in [1.82, 2.24) is 0 Å². The summed E-state index contributed by atoms with van der Waals surface area (Å²) in [5, 5.41) is 0. The van der Waals surface area contributed by atoms with Gasteiger partial charge in [0.25, 0.3) is 0 Å². The molecule has 0 fully saturated rings. The fourth-order valence-electron chi connectivity index (χ4n) is 2.68. The van der Waals surface area contributed by atoms with Crippen molar-refractivity contribution in [3.8, 4) is 0 Å². The molecule has 0 spiro atoms. The third-order valence-electron chi connectivity index (χ3n) is 3.36. The second-order valence-corrected chi connectivity index (χ2v) is 23.5. The molecule has 0 N–H and O–H groups in total. The summed E-state index contributed by atoms with van der Waals surface area (Å²) in [6.45, 7) is 8.81. The number of hydrogen-bond acceptors (Lipinski definition) is 1. The number of hydrogen-bond donors (Lipinski definition) is 0. The first-order chi connectivity index (χ1) is 8.00. The zero-order valence-corrected chi connectivity index (χ0v) is 16.0. The van der Waals surface area contributed by atoms with Crippen molar-refractivity contribution >= 4 is 24.2 Å². The molecule has 1 aliphatic carbocycles. The molecule has 0 radical (unpaired) electrons. The predicted octanol–water partition coefficient (Wildman–Crippen LogP) is 4.98. The van der Waals surface area contributed by atoms with Crippen LogP contribution in [0, 0.1) is 5.41 Å². The Balaban J connectivity index is 3.09. The minimum atomic E-state index is -1.87. The molecule has 0 heterocycles. The number of carbonyl (C=O) groups is 1. The van der Waals surface area contributed by atoms with Gasteiger partial charge in [-0.25, -0.2) is 0 Å². The molecule has 0 aliphatic heterocycles. The molecule has 0 amide bonds. The van der Waals surface area contributed by atoms with Gasteiger partial charge in [0.2, 0.25) is 0 Å². The maximum atomic E-state index is 11.9. The normalized spacial score (nSPS) is 19.5. The summed E-state index contributed by atoms with van der Waals surface area (Å²) in [5.41, 5.74) is 4.34. The third-order valence-corrected chi connectivity index (χ3v) is 7.39. The monoisotopic (exact) mass is 356 g/mol. The number of rotatable bonds is 3. The van der Waals surface area contributed by atoms with Crippen LogP contribution in [0.2, 0.25) is 19.3 Å². The van der Waals surface area contributed by atoms with E-state index in [0.717, 1.165) is 6.42 Å². The molecule has 2 heteroatoms. The summed E-state index contributed by atoms with van der Waals surface area (Å²) >= 11 is -1.87. The molecule has 0 atom stereocenters. The standard InChI is InChI=1S/C13H19O.3CH3.Sn/c1-9(2)10(3)11-6-12(14)8-13(4,5)7-11;;;;/h6H,3,7-8H2,1-2,4-5H3;3*1H3;. The third kappa shape index (κ3) is 4.91. The summed E-state index contributed by atoms with van der Waals surface area (Å²) in [7, 11) is 0. The molecule has 0 unspecified atom stereocenters. The number of ketones is 1. The van der Waals surface area contributed by atoms with Gasteiger partial charge in [-0.05, 0) is 0 Å². The maximum absolute atomic E-state index is 11.9. The van der Waals surface area contributed by atoms with Gasteiger partial charge in [-0.3, -0.25) is 0 Å². The Kier molecular flexibility index (Phi) is 4.91. The van der Waals surface area contributed by atoms with Crippen molar-refractivity contribution in [2.24, 2.45) is 5.41 Å². The molecule has 0 aromatic carbocycles. The van der Waals surface area contributed by atoms with Crippen LogP contribution in [-0.2, 0) is 4.79 Å². The van der Waals surface area contributed by atoms with Crippen LogP contribution in [0.5, 0.6) is 0 Å². The van der Waals surface area contributed by atoms with E-state index >= 15 is 0 Å². The molecule has 18 heavy (non-hydrogen) atoms. The molecule has 0 saturated carbocycles. The van der Waals surface area contributed by atoms with Crippen molar-refractivity contribution in [1.29, 1.82) is 0 Å². The molecule has 1 aliphatic rings. The van der Waals surface area contributed by atoms with Gasteiger partial charge in [-0.1, -0.05) is 0 Å². The second kappa shape index (κ2) is 5.52. The van der Waals surface area contributed by atoms with Crippen LogP contribution in [0.4, 0.5) is 0 Å². The van der Waals surface area contributed by atoms with E-state index in [1.165, 1.54) is 21.2 Å². The van der Waals surface area contributed by atoms with Crippen LogP contribution in [0.25, 0.3) is 0 Å². The molecular formula is C16H28OSn. The second-order valence-electron chi connectivity index (χ2n) is 7.87. The van der Waals surface area contributed by atoms with Gasteiger partial charge >= 0.3 is 117 Å². The van der Waals surface area contributed by atoms with E-state index in [-0.39, 0.29) is 5.41 Å². The minimum absolute atomic E-state index is 0.134. The molecule has 0 saturated heterocycles.